The summed E-state index contributed by atoms with van der Waals surface area (Å²) in [6.45, 7) is 0.830. The van der Waals surface area contributed by atoms with Gasteiger partial charge in [-0.05, 0) is 12.1 Å². The Balaban J connectivity index is 0.00000176. The predicted molar refractivity (Wildman–Crippen MR) is 85.2 cm³/mol. The number of aryl methyl sites for hydroxylation is 1. The first-order valence-electron chi connectivity index (χ1n) is 6.74. The average Bonchev–Trinajstić information content (AvgIpc) is 3.14. The number of halogens is 1. The van der Waals surface area contributed by atoms with Gasteiger partial charge < -0.3 is 15.3 Å². The SMILES string of the molecule is Cl.Cn1cc(-c2ncccc2OCC2CC(CN)=NO2)cn1. The third kappa shape index (κ3) is 3.55. The van der Waals surface area contributed by atoms with Gasteiger partial charge in [-0.15, -0.1) is 12.4 Å². The van der Waals surface area contributed by atoms with Crippen molar-refractivity contribution < 1.29 is 9.57 Å². The second-order valence-electron chi connectivity index (χ2n) is 4.86. The normalized spacial score (nSPS) is 16.6. The third-order valence-electron chi connectivity index (χ3n) is 3.20. The maximum absolute atomic E-state index is 5.84. The highest BCUT2D eigenvalue weighted by Gasteiger charge is 2.21. The zero-order valence-electron chi connectivity index (χ0n) is 12.2. The molecule has 2 aromatic rings. The minimum absolute atomic E-state index is 0. The van der Waals surface area contributed by atoms with Crippen molar-refractivity contribution in [2.24, 2.45) is 17.9 Å². The van der Waals surface area contributed by atoms with Crippen LogP contribution in [0.5, 0.6) is 5.75 Å². The van der Waals surface area contributed by atoms with Crippen molar-refractivity contribution in [2.45, 2.75) is 12.5 Å². The minimum Gasteiger partial charge on any atom is -0.487 e. The Hall–Kier alpha value is -2.12. The highest BCUT2D eigenvalue weighted by molar-refractivity contribution is 5.87. The molecule has 1 unspecified atom stereocenters. The standard InChI is InChI=1S/C14H17N5O2.ClH/c1-19-8-10(7-17-19)14-13(3-2-4-16-14)20-9-12-5-11(6-15)18-21-12;/h2-4,7-8,12H,5-6,9,15H2,1H3;1H. The molecule has 8 heteroatoms. The van der Waals surface area contributed by atoms with Crippen LogP contribution in [0.25, 0.3) is 11.3 Å². The van der Waals surface area contributed by atoms with Crippen LogP contribution in [0.4, 0.5) is 0 Å². The van der Waals surface area contributed by atoms with E-state index in [1.807, 2.05) is 25.4 Å². The lowest BCUT2D eigenvalue weighted by atomic mass is 10.2. The number of nitrogens with two attached hydrogens (primary N) is 1. The lowest BCUT2D eigenvalue weighted by molar-refractivity contribution is 0.0471. The lowest BCUT2D eigenvalue weighted by Crippen LogP contribution is -2.20. The van der Waals surface area contributed by atoms with Crippen molar-refractivity contribution in [3.05, 3.63) is 30.7 Å². The Morgan fingerprint density at radius 2 is 2.36 bits per heavy atom. The van der Waals surface area contributed by atoms with Crippen LogP contribution in [0.2, 0.25) is 0 Å². The summed E-state index contributed by atoms with van der Waals surface area (Å²) >= 11 is 0. The quantitative estimate of drug-likeness (QED) is 0.898. The first-order chi connectivity index (χ1) is 10.3. The van der Waals surface area contributed by atoms with E-state index < -0.39 is 0 Å². The van der Waals surface area contributed by atoms with E-state index in [0.29, 0.717) is 25.3 Å². The Labute approximate surface area is 134 Å². The Bertz CT molecular complexity index is 658. The summed E-state index contributed by atoms with van der Waals surface area (Å²) < 4.78 is 7.57. The van der Waals surface area contributed by atoms with Gasteiger partial charge in [0, 0.05) is 38.0 Å². The first kappa shape index (κ1) is 16.3. The maximum Gasteiger partial charge on any atom is 0.166 e. The van der Waals surface area contributed by atoms with Gasteiger partial charge in [-0.2, -0.15) is 5.10 Å². The Morgan fingerprint density at radius 3 is 3.05 bits per heavy atom. The molecular weight excluding hydrogens is 306 g/mol. The molecule has 118 valence electrons. The molecule has 1 aliphatic heterocycles. The molecule has 0 radical (unpaired) electrons. The molecule has 2 aromatic heterocycles. The van der Waals surface area contributed by atoms with Crippen molar-refractivity contribution in [3.8, 4) is 17.0 Å². The molecule has 2 N–H and O–H groups in total. The summed E-state index contributed by atoms with van der Waals surface area (Å²) in [5.74, 6) is 0.704. The molecule has 1 atom stereocenters. The number of oxime groups is 1. The van der Waals surface area contributed by atoms with Gasteiger partial charge in [0.15, 0.2) is 6.10 Å². The van der Waals surface area contributed by atoms with E-state index in [-0.39, 0.29) is 18.5 Å². The molecular formula is C14H18ClN5O2. The molecule has 3 rings (SSSR count). The zero-order chi connectivity index (χ0) is 14.7. The second-order valence-corrected chi connectivity index (χ2v) is 4.86. The monoisotopic (exact) mass is 323 g/mol. The van der Waals surface area contributed by atoms with Crippen LogP contribution in [0.3, 0.4) is 0 Å². The van der Waals surface area contributed by atoms with Gasteiger partial charge in [0.05, 0.1) is 11.9 Å². The van der Waals surface area contributed by atoms with Gasteiger partial charge in [-0.25, -0.2) is 0 Å². The summed E-state index contributed by atoms with van der Waals surface area (Å²) in [5, 5.41) is 8.07. The van der Waals surface area contributed by atoms with Crippen LogP contribution in [0.15, 0.2) is 35.9 Å². The van der Waals surface area contributed by atoms with Crippen LogP contribution in [-0.4, -0.2) is 39.7 Å². The van der Waals surface area contributed by atoms with Gasteiger partial charge in [-0.1, -0.05) is 5.16 Å². The number of pyridine rings is 1. The Kier molecular flexibility index (Phi) is 5.35. The molecule has 7 nitrogen and oxygen atoms in total. The van der Waals surface area contributed by atoms with Crippen LogP contribution in [-0.2, 0) is 11.9 Å². The van der Waals surface area contributed by atoms with E-state index in [0.717, 1.165) is 17.0 Å². The number of ether oxygens (including phenoxy) is 1. The lowest BCUT2D eigenvalue weighted by Gasteiger charge is -2.12. The number of hydrogen-bond donors (Lipinski definition) is 1. The van der Waals surface area contributed by atoms with Crippen LogP contribution in [0.1, 0.15) is 6.42 Å². The number of nitrogens with zero attached hydrogens (tertiary/aromatic N) is 4. The fourth-order valence-electron chi connectivity index (χ4n) is 2.15. The summed E-state index contributed by atoms with van der Waals surface area (Å²) in [4.78, 5) is 9.64. The molecule has 0 bridgehead atoms. The van der Waals surface area contributed by atoms with E-state index in [2.05, 4.69) is 15.2 Å². The third-order valence-corrected chi connectivity index (χ3v) is 3.20. The fraction of sp³-hybridized carbons (Fsp3) is 0.357. The number of hydrogen-bond acceptors (Lipinski definition) is 6. The van der Waals surface area contributed by atoms with E-state index in [1.165, 1.54) is 0 Å². The molecule has 0 amide bonds. The van der Waals surface area contributed by atoms with Crippen LogP contribution in [0, 0.1) is 0 Å². The average molecular weight is 324 g/mol. The minimum atomic E-state index is -0.0921. The van der Waals surface area contributed by atoms with E-state index in [4.69, 9.17) is 15.3 Å². The topological polar surface area (TPSA) is 87.6 Å². The molecule has 3 heterocycles. The van der Waals surface area contributed by atoms with Gasteiger partial charge >= 0.3 is 0 Å². The van der Waals surface area contributed by atoms with Crippen molar-refractivity contribution in [3.63, 3.8) is 0 Å². The van der Waals surface area contributed by atoms with Crippen LogP contribution < -0.4 is 10.5 Å². The highest BCUT2D eigenvalue weighted by atomic mass is 35.5. The van der Waals surface area contributed by atoms with E-state index in [9.17, 15) is 0 Å². The molecule has 22 heavy (non-hydrogen) atoms. The fourth-order valence-corrected chi connectivity index (χ4v) is 2.15. The molecule has 0 aromatic carbocycles. The number of rotatable bonds is 5. The molecule has 0 saturated carbocycles. The molecule has 0 fully saturated rings. The van der Waals surface area contributed by atoms with Gasteiger partial charge in [0.2, 0.25) is 0 Å². The molecule has 0 saturated heterocycles. The zero-order valence-corrected chi connectivity index (χ0v) is 13.0. The molecule has 0 spiro atoms. The highest BCUT2D eigenvalue weighted by Crippen LogP contribution is 2.27. The summed E-state index contributed by atoms with van der Waals surface area (Å²) in [7, 11) is 1.87. The second kappa shape index (κ2) is 7.24. The summed E-state index contributed by atoms with van der Waals surface area (Å²) in [6.07, 6.45) is 6.01. The first-order valence-corrected chi connectivity index (χ1v) is 6.74. The summed E-state index contributed by atoms with van der Waals surface area (Å²) in [6, 6.07) is 3.72. The van der Waals surface area contributed by atoms with Crippen molar-refractivity contribution in [2.75, 3.05) is 13.2 Å². The van der Waals surface area contributed by atoms with Gasteiger partial charge in [0.25, 0.3) is 0 Å². The molecule has 0 aliphatic carbocycles. The van der Waals surface area contributed by atoms with Crippen molar-refractivity contribution in [1.82, 2.24) is 14.8 Å². The maximum atomic E-state index is 5.84. The van der Waals surface area contributed by atoms with Gasteiger partial charge in [-0.3, -0.25) is 9.67 Å². The summed E-state index contributed by atoms with van der Waals surface area (Å²) in [5.41, 5.74) is 8.08. The molecule has 1 aliphatic rings. The van der Waals surface area contributed by atoms with E-state index >= 15 is 0 Å². The van der Waals surface area contributed by atoms with E-state index in [1.54, 1.807) is 17.1 Å². The smallest absolute Gasteiger partial charge is 0.166 e. The number of aromatic nitrogens is 3. The van der Waals surface area contributed by atoms with Crippen LogP contribution >= 0.6 is 12.4 Å². The predicted octanol–water partition coefficient (Wildman–Crippen LogP) is 1.39. The Morgan fingerprint density at radius 1 is 1.50 bits per heavy atom. The van der Waals surface area contributed by atoms with Gasteiger partial charge in [0.1, 0.15) is 18.1 Å². The van der Waals surface area contributed by atoms with Crippen molar-refractivity contribution >= 4 is 18.1 Å². The largest absolute Gasteiger partial charge is 0.487 e. The van der Waals surface area contributed by atoms with Crippen molar-refractivity contribution in [1.29, 1.82) is 0 Å².